The summed E-state index contributed by atoms with van der Waals surface area (Å²) >= 11 is 7.37. The SMILES string of the molecule is CC(C)N1CCC(NC(=O)c2nc3c(OC(=O)O)c(F)ccc3n2Cc2cc(-c3ccc(Cl)s3)on2)CC1. The minimum Gasteiger partial charge on any atom is -0.449 e. The van der Waals surface area contributed by atoms with Crippen LogP contribution in [0.3, 0.4) is 0 Å². The number of aromatic nitrogens is 3. The van der Waals surface area contributed by atoms with Crippen LogP contribution < -0.4 is 10.1 Å². The summed E-state index contributed by atoms with van der Waals surface area (Å²) in [5.41, 5.74) is 0.709. The van der Waals surface area contributed by atoms with Gasteiger partial charge in [0.05, 0.1) is 21.3 Å². The third-order valence-electron chi connectivity index (χ3n) is 6.51. The van der Waals surface area contributed by atoms with Gasteiger partial charge in [0.25, 0.3) is 5.91 Å². The Hall–Kier alpha value is -3.48. The van der Waals surface area contributed by atoms with Crippen molar-refractivity contribution in [1.29, 1.82) is 0 Å². The number of piperidine rings is 1. The predicted octanol–water partition coefficient (Wildman–Crippen LogP) is 5.25. The molecule has 3 aromatic heterocycles. The molecule has 1 fully saturated rings. The van der Waals surface area contributed by atoms with Crippen LogP contribution in [0, 0.1) is 5.82 Å². The smallest absolute Gasteiger partial charge is 0.449 e. The predicted molar refractivity (Wildman–Crippen MR) is 139 cm³/mol. The third kappa shape index (κ3) is 5.38. The number of carboxylic acid groups (broad SMARTS) is 1. The van der Waals surface area contributed by atoms with E-state index in [-0.39, 0.29) is 23.9 Å². The van der Waals surface area contributed by atoms with Gasteiger partial charge in [0, 0.05) is 31.2 Å². The zero-order valence-corrected chi connectivity index (χ0v) is 22.2. The van der Waals surface area contributed by atoms with Crippen LogP contribution in [0.15, 0.2) is 34.9 Å². The van der Waals surface area contributed by atoms with Gasteiger partial charge in [-0.1, -0.05) is 16.8 Å². The van der Waals surface area contributed by atoms with E-state index in [0.29, 0.717) is 27.3 Å². The Balaban J connectivity index is 1.48. The number of fused-ring (bicyclic) bond motifs is 1. The number of likely N-dealkylation sites (tertiary alicyclic amines) is 1. The number of benzene rings is 1. The molecule has 0 aliphatic carbocycles. The molecule has 5 rings (SSSR count). The van der Waals surface area contributed by atoms with Crippen molar-refractivity contribution in [2.45, 2.75) is 45.3 Å². The maximum Gasteiger partial charge on any atom is 0.511 e. The van der Waals surface area contributed by atoms with E-state index in [2.05, 4.69) is 38.9 Å². The molecule has 0 spiro atoms. The third-order valence-corrected chi connectivity index (χ3v) is 7.75. The number of halogens is 2. The molecule has 38 heavy (non-hydrogen) atoms. The van der Waals surface area contributed by atoms with E-state index >= 15 is 0 Å². The van der Waals surface area contributed by atoms with E-state index in [4.69, 9.17) is 21.2 Å². The van der Waals surface area contributed by atoms with Crippen molar-refractivity contribution < 1.29 is 28.3 Å². The summed E-state index contributed by atoms with van der Waals surface area (Å²) in [6.45, 7) is 6.05. The lowest BCUT2D eigenvalue weighted by Gasteiger charge is -2.34. The average Bonchev–Trinajstić information content (AvgIpc) is 3.60. The molecular weight excluding hydrogens is 537 g/mol. The Morgan fingerprint density at radius 1 is 1.29 bits per heavy atom. The van der Waals surface area contributed by atoms with Crippen LogP contribution in [0.5, 0.6) is 5.75 Å². The molecule has 10 nitrogen and oxygen atoms in total. The van der Waals surface area contributed by atoms with Crippen molar-refractivity contribution in [1.82, 2.24) is 24.9 Å². The Morgan fingerprint density at radius 3 is 2.71 bits per heavy atom. The number of carbonyl (C=O) groups is 2. The number of nitrogens with zero attached hydrogens (tertiary/aromatic N) is 4. The molecule has 4 heterocycles. The summed E-state index contributed by atoms with van der Waals surface area (Å²) in [4.78, 5) is 32.1. The first kappa shape index (κ1) is 26.1. The molecule has 1 saturated heterocycles. The van der Waals surface area contributed by atoms with Crippen molar-refractivity contribution in [3.8, 4) is 16.4 Å². The highest BCUT2D eigenvalue weighted by Crippen LogP contribution is 2.33. The van der Waals surface area contributed by atoms with Crippen LogP contribution in [-0.4, -0.2) is 61.9 Å². The highest BCUT2D eigenvalue weighted by molar-refractivity contribution is 7.19. The monoisotopic (exact) mass is 561 g/mol. The molecule has 1 amide bonds. The van der Waals surface area contributed by atoms with Crippen LogP contribution in [0.4, 0.5) is 9.18 Å². The zero-order valence-electron chi connectivity index (χ0n) is 20.6. The summed E-state index contributed by atoms with van der Waals surface area (Å²) in [5.74, 6) is -1.45. The number of amides is 1. The zero-order chi connectivity index (χ0) is 27.0. The Morgan fingerprint density at radius 2 is 2.05 bits per heavy atom. The molecule has 1 aliphatic rings. The number of nitrogens with one attached hydrogen (secondary N) is 1. The van der Waals surface area contributed by atoms with Crippen LogP contribution in [0.2, 0.25) is 4.34 Å². The van der Waals surface area contributed by atoms with Gasteiger partial charge >= 0.3 is 6.16 Å². The molecule has 0 atom stereocenters. The molecular formula is C25H25ClFN5O5S. The van der Waals surface area contributed by atoms with Gasteiger partial charge in [-0.3, -0.25) is 4.79 Å². The lowest BCUT2D eigenvalue weighted by Crippen LogP contribution is -2.47. The Bertz CT molecular complexity index is 1490. The first-order valence-electron chi connectivity index (χ1n) is 12.1. The first-order chi connectivity index (χ1) is 18.2. The van der Waals surface area contributed by atoms with Crippen LogP contribution in [0.1, 0.15) is 43.0 Å². The summed E-state index contributed by atoms with van der Waals surface area (Å²) in [7, 11) is 0. The average molecular weight is 562 g/mol. The van der Waals surface area contributed by atoms with E-state index in [1.54, 1.807) is 16.7 Å². The summed E-state index contributed by atoms with van der Waals surface area (Å²) < 4.78 is 26.8. The summed E-state index contributed by atoms with van der Waals surface area (Å²) in [5, 5.41) is 16.3. The van der Waals surface area contributed by atoms with E-state index in [1.807, 2.05) is 6.07 Å². The molecule has 0 bridgehead atoms. The number of hydrogen-bond donors (Lipinski definition) is 2. The second-order valence-electron chi connectivity index (χ2n) is 9.30. The minimum atomic E-state index is -1.69. The lowest BCUT2D eigenvalue weighted by molar-refractivity contribution is 0.0886. The fourth-order valence-corrected chi connectivity index (χ4v) is 5.57. The quantitative estimate of drug-likeness (QED) is 0.232. The molecule has 0 unspecified atom stereocenters. The van der Waals surface area contributed by atoms with Gasteiger partial charge in [0.2, 0.25) is 5.82 Å². The molecule has 0 saturated carbocycles. The van der Waals surface area contributed by atoms with Gasteiger partial charge in [-0.2, -0.15) is 0 Å². The lowest BCUT2D eigenvalue weighted by atomic mass is 10.0. The number of thiophene rings is 1. The minimum absolute atomic E-state index is 0.0177. The molecule has 200 valence electrons. The molecule has 2 N–H and O–H groups in total. The van der Waals surface area contributed by atoms with Gasteiger partial charge in [0.15, 0.2) is 17.3 Å². The fourth-order valence-electron chi connectivity index (χ4n) is 4.58. The Labute approximate surface area is 225 Å². The fraction of sp³-hybridized carbons (Fsp3) is 0.360. The van der Waals surface area contributed by atoms with Crippen molar-refractivity contribution in [3.05, 3.63) is 52.0 Å². The summed E-state index contributed by atoms with van der Waals surface area (Å²) in [6.07, 6.45) is -0.130. The van der Waals surface area contributed by atoms with Gasteiger partial charge in [-0.25, -0.2) is 14.2 Å². The summed E-state index contributed by atoms with van der Waals surface area (Å²) in [6, 6.07) is 8.14. The molecule has 1 aromatic carbocycles. The van der Waals surface area contributed by atoms with Gasteiger partial charge in [0.1, 0.15) is 11.2 Å². The van der Waals surface area contributed by atoms with Crippen LogP contribution in [0.25, 0.3) is 21.7 Å². The van der Waals surface area contributed by atoms with Crippen LogP contribution >= 0.6 is 22.9 Å². The molecule has 1 aliphatic heterocycles. The number of carbonyl (C=O) groups excluding carboxylic acids is 1. The second kappa shape index (κ2) is 10.7. The van der Waals surface area contributed by atoms with Crippen molar-refractivity contribution >= 4 is 46.0 Å². The van der Waals surface area contributed by atoms with Gasteiger partial charge in [-0.15, -0.1) is 11.3 Å². The first-order valence-corrected chi connectivity index (χ1v) is 13.2. The highest BCUT2D eigenvalue weighted by atomic mass is 35.5. The molecule has 0 radical (unpaired) electrons. The molecule has 13 heteroatoms. The highest BCUT2D eigenvalue weighted by Gasteiger charge is 2.27. The number of ether oxygens (including phenoxy) is 1. The molecule has 4 aromatic rings. The number of imidazole rings is 1. The van der Waals surface area contributed by atoms with E-state index < -0.39 is 23.6 Å². The van der Waals surface area contributed by atoms with Gasteiger partial charge in [-0.05, 0) is 51.0 Å². The normalized spacial score (nSPS) is 14.9. The van der Waals surface area contributed by atoms with Gasteiger partial charge < -0.3 is 29.2 Å². The maximum atomic E-state index is 14.5. The number of hydrogen-bond acceptors (Lipinski definition) is 8. The second-order valence-corrected chi connectivity index (χ2v) is 11.0. The standard InChI is InChI=1S/C25H25ClFN5O5S/c1-13(2)31-9-7-14(8-10-31)28-24(33)23-29-21-17(4-3-16(27)22(21)36-25(34)35)32(23)12-15-11-18(37-30-15)19-5-6-20(26)38-19/h3-6,11,13-14H,7-10,12H2,1-2H3,(H,28,33)(H,34,35). The van der Waals surface area contributed by atoms with Crippen molar-refractivity contribution in [2.24, 2.45) is 0 Å². The van der Waals surface area contributed by atoms with Crippen LogP contribution in [-0.2, 0) is 6.54 Å². The Kier molecular flexibility index (Phi) is 7.37. The number of rotatable bonds is 7. The topological polar surface area (TPSA) is 123 Å². The van der Waals surface area contributed by atoms with Crippen molar-refractivity contribution in [2.75, 3.05) is 13.1 Å². The van der Waals surface area contributed by atoms with E-state index in [9.17, 15) is 14.0 Å². The van der Waals surface area contributed by atoms with E-state index in [0.717, 1.165) is 36.9 Å². The maximum absolute atomic E-state index is 14.5. The van der Waals surface area contributed by atoms with E-state index in [1.165, 1.54) is 17.4 Å². The van der Waals surface area contributed by atoms with Crippen molar-refractivity contribution in [3.63, 3.8) is 0 Å². The largest absolute Gasteiger partial charge is 0.511 e.